The van der Waals surface area contributed by atoms with Crippen LogP contribution in [0.15, 0.2) is 71.5 Å². The van der Waals surface area contributed by atoms with Crippen molar-refractivity contribution in [3.05, 3.63) is 78.4 Å². The van der Waals surface area contributed by atoms with E-state index in [4.69, 9.17) is 9.15 Å². The minimum atomic E-state index is 0.746. The predicted octanol–water partition coefficient (Wildman–Crippen LogP) is 4.57. The highest BCUT2D eigenvalue weighted by atomic mass is 16.5. The molecule has 3 aromatic heterocycles. The summed E-state index contributed by atoms with van der Waals surface area (Å²) in [6, 6.07) is 16.1. The largest absolute Gasteiger partial charge is 0.493 e. The number of hydrogen-bond donors (Lipinski definition) is 0. The molecular weight excluding hydrogens is 350 g/mol. The molecule has 0 aliphatic rings. The summed E-state index contributed by atoms with van der Waals surface area (Å²) in [5, 5.41) is 1.08. The Morgan fingerprint density at radius 3 is 2.64 bits per heavy atom. The van der Waals surface area contributed by atoms with Crippen LogP contribution in [-0.4, -0.2) is 35.6 Å². The standard InChI is InChI=1S/C23H23N3O2/c1-26(14-10-19-5-3-4-11-25-19)16-18-6-7-21(27-2)23-20(18)15-22(28-23)17-8-12-24-13-9-17/h3-9,11-13,15H,10,14,16H2,1-2H3. The summed E-state index contributed by atoms with van der Waals surface area (Å²) in [7, 11) is 3.80. The lowest BCUT2D eigenvalue weighted by molar-refractivity contribution is 0.331. The van der Waals surface area contributed by atoms with Crippen molar-refractivity contribution in [3.63, 3.8) is 0 Å². The molecular formula is C23H23N3O2. The van der Waals surface area contributed by atoms with E-state index in [0.29, 0.717) is 0 Å². The van der Waals surface area contributed by atoms with E-state index in [1.165, 1.54) is 5.56 Å². The van der Waals surface area contributed by atoms with Gasteiger partial charge in [0, 0.05) is 54.7 Å². The van der Waals surface area contributed by atoms with Crippen molar-refractivity contribution >= 4 is 11.0 Å². The molecule has 0 saturated heterocycles. The number of ether oxygens (including phenoxy) is 1. The second kappa shape index (κ2) is 8.23. The summed E-state index contributed by atoms with van der Waals surface area (Å²) >= 11 is 0. The fourth-order valence-corrected chi connectivity index (χ4v) is 3.33. The second-order valence-electron chi connectivity index (χ2n) is 6.83. The molecule has 28 heavy (non-hydrogen) atoms. The summed E-state index contributed by atoms with van der Waals surface area (Å²) < 4.78 is 11.7. The molecule has 4 rings (SSSR count). The lowest BCUT2D eigenvalue weighted by atomic mass is 10.1. The zero-order valence-electron chi connectivity index (χ0n) is 16.1. The number of benzene rings is 1. The molecule has 5 heteroatoms. The number of aromatic nitrogens is 2. The molecule has 0 amide bonds. The molecule has 5 nitrogen and oxygen atoms in total. The van der Waals surface area contributed by atoms with E-state index in [9.17, 15) is 0 Å². The van der Waals surface area contributed by atoms with Gasteiger partial charge in [-0.25, -0.2) is 0 Å². The number of hydrogen-bond acceptors (Lipinski definition) is 5. The van der Waals surface area contributed by atoms with Gasteiger partial charge in [-0.3, -0.25) is 9.97 Å². The minimum Gasteiger partial charge on any atom is -0.493 e. The van der Waals surface area contributed by atoms with Crippen molar-refractivity contribution in [2.45, 2.75) is 13.0 Å². The van der Waals surface area contributed by atoms with Gasteiger partial charge in [0.1, 0.15) is 5.76 Å². The van der Waals surface area contributed by atoms with Gasteiger partial charge in [0.2, 0.25) is 0 Å². The van der Waals surface area contributed by atoms with Crippen LogP contribution in [0.25, 0.3) is 22.3 Å². The summed E-state index contributed by atoms with van der Waals surface area (Å²) in [6.07, 6.45) is 6.30. The number of pyridine rings is 2. The van der Waals surface area contributed by atoms with Gasteiger partial charge in [-0.1, -0.05) is 12.1 Å². The van der Waals surface area contributed by atoms with Crippen molar-refractivity contribution in [2.75, 3.05) is 20.7 Å². The smallest absolute Gasteiger partial charge is 0.176 e. The Hall–Kier alpha value is -3.18. The first-order valence-electron chi connectivity index (χ1n) is 9.33. The highest BCUT2D eigenvalue weighted by molar-refractivity contribution is 5.90. The average Bonchev–Trinajstić information content (AvgIpc) is 3.20. The number of methoxy groups -OCH3 is 1. The molecule has 0 N–H and O–H groups in total. The Labute approximate surface area is 164 Å². The van der Waals surface area contributed by atoms with E-state index in [1.807, 2.05) is 36.5 Å². The van der Waals surface area contributed by atoms with E-state index >= 15 is 0 Å². The third-order valence-electron chi connectivity index (χ3n) is 4.84. The molecule has 0 spiro atoms. The van der Waals surface area contributed by atoms with Crippen LogP contribution in [0.2, 0.25) is 0 Å². The number of likely N-dealkylation sites (N-methyl/N-ethyl adjacent to an activating group) is 1. The first-order valence-corrected chi connectivity index (χ1v) is 9.33. The Bertz CT molecular complexity index is 1050. The summed E-state index contributed by atoms with van der Waals surface area (Å²) in [4.78, 5) is 10.8. The zero-order valence-corrected chi connectivity index (χ0v) is 16.1. The Morgan fingerprint density at radius 1 is 1.04 bits per heavy atom. The molecule has 0 unspecified atom stereocenters. The van der Waals surface area contributed by atoms with E-state index < -0.39 is 0 Å². The van der Waals surface area contributed by atoms with Crippen LogP contribution >= 0.6 is 0 Å². The molecule has 1 aromatic carbocycles. The number of furan rings is 1. The maximum atomic E-state index is 6.15. The maximum absolute atomic E-state index is 6.15. The van der Waals surface area contributed by atoms with Gasteiger partial charge in [-0.15, -0.1) is 0 Å². The summed E-state index contributed by atoms with van der Waals surface area (Å²) in [5.74, 6) is 1.56. The first-order chi connectivity index (χ1) is 13.7. The molecule has 0 radical (unpaired) electrons. The van der Waals surface area contributed by atoms with Gasteiger partial charge in [0.15, 0.2) is 11.3 Å². The van der Waals surface area contributed by atoms with Gasteiger partial charge >= 0.3 is 0 Å². The van der Waals surface area contributed by atoms with Crippen molar-refractivity contribution in [2.24, 2.45) is 0 Å². The van der Waals surface area contributed by atoms with Gasteiger partial charge in [0.05, 0.1) is 7.11 Å². The molecule has 3 heterocycles. The van der Waals surface area contributed by atoms with Crippen LogP contribution in [0, 0.1) is 0 Å². The molecule has 0 atom stereocenters. The predicted molar refractivity (Wildman–Crippen MR) is 110 cm³/mol. The molecule has 0 saturated carbocycles. The number of nitrogens with zero attached hydrogens (tertiary/aromatic N) is 3. The highest BCUT2D eigenvalue weighted by Gasteiger charge is 2.15. The van der Waals surface area contributed by atoms with Gasteiger partial charge in [0.25, 0.3) is 0 Å². The SMILES string of the molecule is COc1ccc(CN(C)CCc2ccccn2)c2cc(-c3ccncc3)oc12. The normalized spacial score (nSPS) is 11.2. The Morgan fingerprint density at radius 2 is 1.89 bits per heavy atom. The van der Waals surface area contributed by atoms with Crippen molar-refractivity contribution in [3.8, 4) is 17.1 Å². The Balaban J connectivity index is 1.59. The van der Waals surface area contributed by atoms with Crippen LogP contribution in [0.3, 0.4) is 0 Å². The maximum Gasteiger partial charge on any atom is 0.176 e. The lowest BCUT2D eigenvalue weighted by Crippen LogP contribution is -2.21. The van der Waals surface area contributed by atoms with Crippen molar-refractivity contribution in [1.29, 1.82) is 0 Å². The average molecular weight is 373 g/mol. The molecule has 4 aromatic rings. The molecule has 0 bridgehead atoms. The monoisotopic (exact) mass is 373 g/mol. The lowest BCUT2D eigenvalue weighted by Gasteiger charge is -2.17. The van der Waals surface area contributed by atoms with Crippen molar-refractivity contribution < 1.29 is 9.15 Å². The van der Waals surface area contributed by atoms with Crippen molar-refractivity contribution in [1.82, 2.24) is 14.9 Å². The fourth-order valence-electron chi connectivity index (χ4n) is 3.33. The van der Waals surface area contributed by atoms with E-state index in [-0.39, 0.29) is 0 Å². The van der Waals surface area contributed by atoms with Crippen LogP contribution < -0.4 is 4.74 Å². The third kappa shape index (κ3) is 3.89. The topological polar surface area (TPSA) is 51.4 Å². The van der Waals surface area contributed by atoms with E-state index in [2.05, 4.69) is 40.1 Å². The van der Waals surface area contributed by atoms with Gasteiger partial charge in [-0.2, -0.15) is 0 Å². The zero-order chi connectivity index (χ0) is 19.3. The molecule has 0 aliphatic heterocycles. The Kier molecular flexibility index (Phi) is 5.35. The third-order valence-corrected chi connectivity index (χ3v) is 4.84. The second-order valence-corrected chi connectivity index (χ2v) is 6.83. The van der Waals surface area contributed by atoms with Crippen LogP contribution in [0.4, 0.5) is 0 Å². The van der Waals surface area contributed by atoms with Crippen LogP contribution in [0.5, 0.6) is 5.75 Å². The first kappa shape index (κ1) is 18.2. The molecule has 0 aliphatic carbocycles. The number of rotatable bonds is 7. The van der Waals surface area contributed by atoms with E-state index in [1.54, 1.807) is 19.5 Å². The quantitative estimate of drug-likeness (QED) is 0.475. The van der Waals surface area contributed by atoms with Gasteiger partial charge < -0.3 is 14.1 Å². The van der Waals surface area contributed by atoms with Gasteiger partial charge in [-0.05, 0) is 49.0 Å². The minimum absolute atomic E-state index is 0.746. The van der Waals surface area contributed by atoms with Crippen LogP contribution in [-0.2, 0) is 13.0 Å². The number of fused-ring (bicyclic) bond motifs is 1. The summed E-state index contributed by atoms with van der Waals surface area (Å²) in [5.41, 5.74) is 4.11. The highest BCUT2D eigenvalue weighted by Crippen LogP contribution is 2.35. The molecule has 142 valence electrons. The van der Waals surface area contributed by atoms with E-state index in [0.717, 1.165) is 53.2 Å². The van der Waals surface area contributed by atoms with Crippen LogP contribution in [0.1, 0.15) is 11.3 Å². The summed E-state index contributed by atoms with van der Waals surface area (Å²) in [6.45, 7) is 1.75. The molecule has 0 fully saturated rings. The fraction of sp³-hybridized carbons (Fsp3) is 0.217.